The van der Waals surface area contributed by atoms with E-state index in [0.717, 1.165) is 16.6 Å². The molecule has 1 aromatic carbocycles. The molecule has 1 N–H and O–H groups in total. The maximum Gasteiger partial charge on any atom is 0.310 e. The van der Waals surface area contributed by atoms with E-state index >= 15 is 0 Å². The zero-order chi connectivity index (χ0) is 13.2. The largest absolute Gasteiger partial charge is 0.481 e. The smallest absolute Gasteiger partial charge is 0.310 e. The number of nitrogens with zero attached hydrogens (tertiary/aromatic N) is 3. The molecular weight excluding hydrogens is 262 g/mol. The van der Waals surface area contributed by atoms with Gasteiger partial charge in [0.2, 0.25) is 5.13 Å². The van der Waals surface area contributed by atoms with Gasteiger partial charge in [-0.15, -0.1) is 10.2 Å². The Morgan fingerprint density at radius 3 is 2.74 bits per heavy atom. The summed E-state index contributed by atoms with van der Waals surface area (Å²) in [5, 5.41) is 18.9. The third kappa shape index (κ3) is 2.58. The van der Waals surface area contributed by atoms with E-state index in [1.54, 1.807) is 0 Å². The molecule has 0 aliphatic carbocycles. The summed E-state index contributed by atoms with van der Waals surface area (Å²) in [4.78, 5) is 12.7. The first-order valence-corrected chi connectivity index (χ1v) is 6.88. The van der Waals surface area contributed by atoms with Crippen molar-refractivity contribution in [3.8, 4) is 0 Å². The van der Waals surface area contributed by atoms with Gasteiger partial charge in [-0.05, 0) is 5.56 Å². The molecule has 0 atom stereocenters. The molecule has 2 heterocycles. The van der Waals surface area contributed by atoms with Crippen LogP contribution in [-0.4, -0.2) is 34.4 Å². The van der Waals surface area contributed by atoms with Crippen LogP contribution in [0.5, 0.6) is 0 Å². The molecule has 98 valence electrons. The SMILES string of the molecule is O=C(O)C1CN(c2nnc(Cc3ccccc3)s2)C1. The van der Waals surface area contributed by atoms with Crippen LogP contribution < -0.4 is 4.90 Å². The van der Waals surface area contributed by atoms with Crippen LogP contribution in [0.1, 0.15) is 10.6 Å². The van der Waals surface area contributed by atoms with Gasteiger partial charge < -0.3 is 10.0 Å². The second kappa shape index (κ2) is 4.97. The zero-order valence-electron chi connectivity index (χ0n) is 10.2. The molecule has 3 rings (SSSR count). The van der Waals surface area contributed by atoms with Gasteiger partial charge in [-0.25, -0.2) is 0 Å². The number of aromatic nitrogens is 2. The van der Waals surface area contributed by atoms with Gasteiger partial charge in [-0.1, -0.05) is 41.7 Å². The predicted octanol–water partition coefficient (Wildman–Crippen LogP) is 1.65. The fraction of sp³-hybridized carbons (Fsp3) is 0.308. The van der Waals surface area contributed by atoms with Crippen LogP contribution in [0.25, 0.3) is 0 Å². The molecule has 1 aromatic heterocycles. The summed E-state index contributed by atoms with van der Waals surface area (Å²) >= 11 is 1.54. The second-order valence-electron chi connectivity index (χ2n) is 4.58. The lowest BCUT2D eigenvalue weighted by molar-refractivity contribution is -0.142. The van der Waals surface area contributed by atoms with E-state index in [0.29, 0.717) is 13.1 Å². The van der Waals surface area contributed by atoms with Gasteiger partial charge in [0, 0.05) is 19.5 Å². The van der Waals surface area contributed by atoms with Crippen molar-refractivity contribution >= 4 is 22.4 Å². The summed E-state index contributed by atoms with van der Waals surface area (Å²) in [6.45, 7) is 1.07. The third-order valence-corrected chi connectivity index (χ3v) is 4.14. The molecule has 1 aliphatic heterocycles. The van der Waals surface area contributed by atoms with Crippen molar-refractivity contribution in [2.24, 2.45) is 5.92 Å². The number of hydrogen-bond donors (Lipinski definition) is 1. The number of carboxylic acid groups (broad SMARTS) is 1. The first kappa shape index (κ1) is 12.1. The highest BCUT2D eigenvalue weighted by Crippen LogP contribution is 2.28. The van der Waals surface area contributed by atoms with Gasteiger partial charge >= 0.3 is 5.97 Å². The standard InChI is InChI=1S/C13H13N3O2S/c17-12(18)10-7-16(8-10)13-15-14-11(19-13)6-9-4-2-1-3-5-9/h1-5,10H,6-8H2,(H,17,18). The molecule has 1 aliphatic rings. The number of rotatable bonds is 4. The monoisotopic (exact) mass is 275 g/mol. The lowest BCUT2D eigenvalue weighted by Gasteiger charge is -2.35. The summed E-state index contributed by atoms with van der Waals surface area (Å²) in [5.41, 5.74) is 1.21. The Hall–Kier alpha value is -1.95. The summed E-state index contributed by atoms with van der Waals surface area (Å²) in [5.74, 6) is -0.994. The van der Waals surface area contributed by atoms with Crippen LogP contribution in [0.2, 0.25) is 0 Å². The lowest BCUT2D eigenvalue weighted by atomic mass is 10.0. The van der Waals surface area contributed by atoms with Gasteiger partial charge in [0.05, 0.1) is 5.92 Å². The van der Waals surface area contributed by atoms with Crippen molar-refractivity contribution in [2.45, 2.75) is 6.42 Å². The normalized spacial score (nSPS) is 15.3. The maximum atomic E-state index is 10.7. The van der Waals surface area contributed by atoms with E-state index in [1.807, 2.05) is 23.1 Å². The molecule has 1 saturated heterocycles. The molecule has 1 fully saturated rings. The van der Waals surface area contributed by atoms with Crippen LogP contribution in [0.15, 0.2) is 30.3 Å². The average molecular weight is 275 g/mol. The van der Waals surface area contributed by atoms with E-state index in [1.165, 1.54) is 16.9 Å². The van der Waals surface area contributed by atoms with E-state index in [-0.39, 0.29) is 5.92 Å². The molecule has 19 heavy (non-hydrogen) atoms. The van der Waals surface area contributed by atoms with Gasteiger partial charge in [0.25, 0.3) is 0 Å². The Labute approximate surface area is 114 Å². The van der Waals surface area contributed by atoms with Crippen molar-refractivity contribution < 1.29 is 9.90 Å². The first-order chi connectivity index (χ1) is 9.22. The Balaban J connectivity index is 1.63. The number of aliphatic carboxylic acids is 1. The van der Waals surface area contributed by atoms with Crippen LogP contribution >= 0.6 is 11.3 Å². The molecule has 0 saturated carbocycles. The van der Waals surface area contributed by atoms with Crippen LogP contribution in [0.4, 0.5) is 5.13 Å². The Morgan fingerprint density at radius 1 is 1.32 bits per heavy atom. The van der Waals surface area contributed by atoms with Crippen LogP contribution in [0, 0.1) is 5.92 Å². The summed E-state index contributed by atoms with van der Waals surface area (Å²) in [7, 11) is 0. The Bertz CT molecular complexity index is 579. The molecule has 0 radical (unpaired) electrons. The number of benzene rings is 1. The Morgan fingerprint density at radius 2 is 2.05 bits per heavy atom. The number of anilines is 1. The number of carboxylic acids is 1. The molecule has 0 amide bonds. The minimum atomic E-state index is -0.731. The van der Waals surface area contributed by atoms with E-state index in [9.17, 15) is 4.79 Å². The predicted molar refractivity (Wildman–Crippen MR) is 72.5 cm³/mol. The Kier molecular flexibility index (Phi) is 3.16. The van der Waals surface area contributed by atoms with Crippen molar-refractivity contribution in [1.29, 1.82) is 0 Å². The van der Waals surface area contributed by atoms with Crippen molar-refractivity contribution in [1.82, 2.24) is 10.2 Å². The van der Waals surface area contributed by atoms with Gasteiger partial charge in [0.1, 0.15) is 5.01 Å². The second-order valence-corrected chi connectivity index (χ2v) is 5.62. The minimum absolute atomic E-state index is 0.263. The fourth-order valence-electron chi connectivity index (χ4n) is 2.01. The number of hydrogen-bond acceptors (Lipinski definition) is 5. The quantitative estimate of drug-likeness (QED) is 0.919. The van der Waals surface area contributed by atoms with E-state index in [2.05, 4.69) is 22.3 Å². The summed E-state index contributed by atoms with van der Waals surface area (Å²) < 4.78 is 0. The minimum Gasteiger partial charge on any atom is -0.481 e. The molecule has 2 aromatic rings. The highest BCUT2D eigenvalue weighted by Gasteiger charge is 2.34. The highest BCUT2D eigenvalue weighted by molar-refractivity contribution is 7.15. The van der Waals surface area contributed by atoms with Crippen molar-refractivity contribution in [2.75, 3.05) is 18.0 Å². The van der Waals surface area contributed by atoms with E-state index < -0.39 is 5.97 Å². The zero-order valence-corrected chi connectivity index (χ0v) is 11.0. The maximum absolute atomic E-state index is 10.7. The summed E-state index contributed by atoms with van der Waals surface area (Å²) in [6, 6.07) is 10.1. The van der Waals surface area contributed by atoms with Gasteiger partial charge in [-0.2, -0.15) is 0 Å². The van der Waals surface area contributed by atoms with Crippen molar-refractivity contribution in [3.63, 3.8) is 0 Å². The van der Waals surface area contributed by atoms with Gasteiger partial charge in [-0.3, -0.25) is 4.79 Å². The number of carbonyl (C=O) groups is 1. The van der Waals surface area contributed by atoms with Gasteiger partial charge in [0.15, 0.2) is 0 Å². The van der Waals surface area contributed by atoms with Crippen LogP contribution in [-0.2, 0) is 11.2 Å². The molecule has 0 spiro atoms. The molecule has 0 bridgehead atoms. The lowest BCUT2D eigenvalue weighted by Crippen LogP contribution is -2.50. The summed E-state index contributed by atoms with van der Waals surface area (Å²) in [6.07, 6.45) is 0.773. The molecule has 5 nitrogen and oxygen atoms in total. The average Bonchev–Trinajstić information content (AvgIpc) is 2.76. The first-order valence-electron chi connectivity index (χ1n) is 6.06. The molecular formula is C13H13N3O2S. The molecule has 0 unspecified atom stereocenters. The van der Waals surface area contributed by atoms with E-state index in [4.69, 9.17) is 5.11 Å². The molecule has 6 heteroatoms. The van der Waals surface area contributed by atoms with Crippen LogP contribution in [0.3, 0.4) is 0 Å². The topological polar surface area (TPSA) is 66.3 Å². The third-order valence-electron chi connectivity index (χ3n) is 3.16. The van der Waals surface area contributed by atoms with Crippen molar-refractivity contribution in [3.05, 3.63) is 40.9 Å². The highest BCUT2D eigenvalue weighted by atomic mass is 32.1. The fourth-order valence-corrected chi connectivity index (χ4v) is 2.90.